The third-order valence-electron chi connectivity index (χ3n) is 6.09. The first-order chi connectivity index (χ1) is 15.6. The number of aromatic nitrogens is 2. The number of benzene rings is 2. The Bertz CT molecular complexity index is 1150. The number of hydrogen-bond acceptors (Lipinski definition) is 5. The van der Waals surface area contributed by atoms with Crippen LogP contribution in [0.15, 0.2) is 59.2 Å². The first-order valence-electron chi connectivity index (χ1n) is 11.2. The van der Waals surface area contributed by atoms with E-state index < -0.39 is 0 Å². The number of aliphatic imine (C=N–C) groups is 2. The number of H-pyrrole nitrogens is 1. The van der Waals surface area contributed by atoms with E-state index >= 15 is 0 Å². The summed E-state index contributed by atoms with van der Waals surface area (Å²) < 4.78 is 0. The number of aliphatic hydroxyl groups is 1. The number of aliphatic hydroxyl groups excluding tert-OH is 1. The normalized spacial score (nSPS) is 18.3. The molecule has 32 heavy (non-hydrogen) atoms. The van der Waals surface area contributed by atoms with Crippen molar-refractivity contribution in [1.82, 2.24) is 14.9 Å². The molecule has 3 aromatic rings. The molecule has 2 unspecified atom stereocenters. The second-order valence-corrected chi connectivity index (χ2v) is 8.45. The van der Waals surface area contributed by atoms with E-state index in [4.69, 9.17) is 0 Å². The minimum Gasteiger partial charge on any atom is -0.381 e. The smallest absolute Gasteiger partial charge is 0.124 e. The van der Waals surface area contributed by atoms with Crippen LogP contribution in [0.5, 0.6) is 0 Å². The van der Waals surface area contributed by atoms with Gasteiger partial charge in [0.15, 0.2) is 0 Å². The summed E-state index contributed by atoms with van der Waals surface area (Å²) in [5, 5.41) is 11.9. The molecule has 2 atom stereocenters. The fourth-order valence-electron chi connectivity index (χ4n) is 4.17. The average molecular weight is 430 g/mol. The van der Waals surface area contributed by atoms with Crippen molar-refractivity contribution >= 4 is 28.9 Å². The maximum atomic E-state index is 9.56. The van der Waals surface area contributed by atoms with Crippen LogP contribution in [0.1, 0.15) is 43.6 Å². The van der Waals surface area contributed by atoms with E-state index in [1.165, 1.54) is 0 Å². The van der Waals surface area contributed by atoms with Gasteiger partial charge in [0.2, 0.25) is 0 Å². The van der Waals surface area contributed by atoms with Crippen molar-refractivity contribution < 1.29 is 5.11 Å². The summed E-state index contributed by atoms with van der Waals surface area (Å²) in [6.07, 6.45) is 8.72. The first kappa shape index (κ1) is 22.1. The molecule has 166 valence electrons. The Balaban J connectivity index is 1.51. The van der Waals surface area contributed by atoms with E-state index in [0.29, 0.717) is 5.92 Å². The fraction of sp³-hybridized carbons (Fsp3) is 0.346. The summed E-state index contributed by atoms with van der Waals surface area (Å²) >= 11 is 0. The van der Waals surface area contributed by atoms with E-state index in [2.05, 4.69) is 74.8 Å². The number of fused-ring (bicyclic) bond motifs is 1. The highest BCUT2D eigenvalue weighted by Crippen LogP contribution is 2.32. The van der Waals surface area contributed by atoms with Crippen molar-refractivity contribution in [2.45, 2.75) is 32.2 Å². The molecule has 1 saturated heterocycles. The van der Waals surface area contributed by atoms with Crippen LogP contribution < -0.4 is 0 Å². The van der Waals surface area contributed by atoms with E-state index in [-0.39, 0.29) is 12.8 Å². The van der Waals surface area contributed by atoms with Gasteiger partial charge in [-0.3, -0.25) is 9.89 Å². The lowest BCUT2D eigenvalue weighted by Crippen LogP contribution is -2.24. The van der Waals surface area contributed by atoms with Crippen LogP contribution in [-0.2, 0) is 0 Å². The topological polar surface area (TPSA) is 76.9 Å². The molecular weight excluding hydrogens is 398 g/mol. The van der Waals surface area contributed by atoms with Gasteiger partial charge in [-0.25, -0.2) is 4.98 Å². The van der Waals surface area contributed by atoms with E-state index in [1.54, 1.807) is 7.05 Å². The molecule has 4 rings (SSSR count). The van der Waals surface area contributed by atoms with Crippen LogP contribution in [0.25, 0.3) is 27.7 Å². The van der Waals surface area contributed by atoms with E-state index in [9.17, 15) is 5.11 Å². The summed E-state index contributed by atoms with van der Waals surface area (Å²) in [6.45, 7) is 7.24. The lowest BCUT2D eigenvalue weighted by Gasteiger charge is -2.19. The Morgan fingerprint density at radius 2 is 2.12 bits per heavy atom. The molecule has 0 saturated carbocycles. The minimum atomic E-state index is 0.0697. The molecule has 1 aliphatic heterocycles. The van der Waals surface area contributed by atoms with Gasteiger partial charge in [0.05, 0.1) is 30.4 Å². The van der Waals surface area contributed by atoms with Crippen LogP contribution >= 0.6 is 0 Å². The Morgan fingerprint density at radius 3 is 2.94 bits per heavy atom. The summed E-state index contributed by atoms with van der Waals surface area (Å²) in [5.74, 6) is 1.25. The molecule has 2 aromatic carbocycles. The van der Waals surface area contributed by atoms with Crippen LogP contribution in [0.2, 0.25) is 0 Å². The molecule has 0 spiro atoms. The highest BCUT2D eigenvalue weighted by molar-refractivity contribution is 5.90. The zero-order chi connectivity index (χ0) is 22.5. The van der Waals surface area contributed by atoms with Crippen molar-refractivity contribution in [3.8, 4) is 11.3 Å². The molecule has 2 N–H and O–H groups in total. The maximum Gasteiger partial charge on any atom is 0.124 e. The van der Waals surface area contributed by atoms with Gasteiger partial charge in [0.1, 0.15) is 5.82 Å². The molecule has 0 amide bonds. The third kappa shape index (κ3) is 4.87. The lowest BCUT2D eigenvalue weighted by molar-refractivity contribution is 0.0935. The second kappa shape index (κ2) is 10.0. The average Bonchev–Trinajstić information content (AvgIpc) is 3.49. The zero-order valence-corrected chi connectivity index (χ0v) is 18.8. The molecule has 0 bridgehead atoms. The fourth-order valence-corrected chi connectivity index (χ4v) is 4.17. The Labute approximate surface area is 189 Å². The largest absolute Gasteiger partial charge is 0.381 e. The number of imidazole rings is 1. The molecule has 1 aromatic heterocycles. The Morgan fingerprint density at radius 1 is 1.31 bits per heavy atom. The van der Waals surface area contributed by atoms with Gasteiger partial charge < -0.3 is 15.1 Å². The molecule has 2 heterocycles. The summed E-state index contributed by atoms with van der Waals surface area (Å²) in [6, 6.07) is 12.9. The van der Waals surface area contributed by atoms with Crippen molar-refractivity contribution in [2.75, 3.05) is 20.3 Å². The van der Waals surface area contributed by atoms with Gasteiger partial charge in [-0.1, -0.05) is 37.8 Å². The predicted octanol–water partition coefficient (Wildman–Crippen LogP) is 5.08. The first-order valence-corrected chi connectivity index (χ1v) is 11.2. The number of rotatable bonds is 8. The van der Waals surface area contributed by atoms with Crippen molar-refractivity contribution in [1.29, 1.82) is 0 Å². The third-order valence-corrected chi connectivity index (χ3v) is 6.09. The summed E-state index contributed by atoms with van der Waals surface area (Å²) in [4.78, 5) is 18.7. The molecule has 6 nitrogen and oxygen atoms in total. The van der Waals surface area contributed by atoms with Gasteiger partial charge >= 0.3 is 0 Å². The van der Waals surface area contributed by atoms with Gasteiger partial charge in [-0.05, 0) is 54.3 Å². The molecular formula is C26H31N5O. The van der Waals surface area contributed by atoms with Crippen LogP contribution in [0.3, 0.4) is 0 Å². The van der Waals surface area contributed by atoms with Crippen LogP contribution in [0.4, 0.5) is 0 Å². The molecule has 1 fully saturated rings. The maximum absolute atomic E-state index is 9.56. The molecule has 6 heteroatoms. The highest BCUT2D eigenvalue weighted by atomic mass is 16.3. The summed E-state index contributed by atoms with van der Waals surface area (Å²) in [7, 11) is 1.79. The molecule has 1 aliphatic rings. The number of aromatic amines is 1. The lowest BCUT2D eigenvalue weighted by atomic mass is 10.0. The Kier molecular flexibility index (Phi) is 6.93. The number of likely N-dealkylation sites (tertiary alicyclic amines) is 1. The summed E-state index contributed by atoms with van der Waals surface area (Å²) in [5.41, 5.74) is 3.88. The van der Waals surface area contributed by atoms with E-state index in [1.807, 2.05) is 18.6 Å². The van der Waals surface area contributed by atoms with Gasteiger partial charge in [0, 0.05) is 30.9 Å². The van der Waals surface area contributed by atoms with Gasteiger partial charge in [-0.2, -0.15) is 0 Å². The Hall–Kier alpha value is -3.09. The number of nitrogens with zero attached hydrogens (tertiary/aromatic N) is 4. The predicted molar refractivity (Wildman–Crippen MR) is 133 cm³/mol. The van der Waals surface area contributed by atoms with E-state index in [0.717, 1.165) is 64.9 Å². The van der Waals surface area contributed by atoms with Crippen LogP contribution in [-0.4, -0.2) is 52.7 Å². The standard InChI is InChI=1S/C26H31N5O/c1-18(10-11-27-3)15-28-19(2)20-6-7-22-14-23(9-8-21(22)13-20)24-16-29-26(30-24)25-5-4-12-31(25)17-32/h6-9,11,13-16,18,25,32H,2,4-5,10,12,17H2,1,3H3,(H,29,30). The van der Waals surface area contributed by atoms with Crippen molar-refractivity contribution in [3.05, 3.63) is 60.6 Å². The second-order valence-electron chi connectivity index (χ2n) is 8.45. The van der Waals surface area contributed by atoms with Gasteiger partial charge in [-0.15, -0.1) is 0 Å². The minimum absolute atomic E-state index is 0.0697. The van der Waals surface area contributed by atoms with Crippen molar-refractivity contribution in [2.24, 2.45) is 15.9 Å². The van der Waals surface area contributed by atoms with Crippen molar-refractivity contribution in [3.63, 3.8) is 0 Å². The van der Waals surface area contributed by atoms with Gasteiger partial charge in [0.25, 0.3) is 0 Å². The molecule has 0 aliphatic carbocycles. The highest BCUT2D eigenvalue weighted by Gasteiger charge is 2.27. The molecule has 0 radical (unpaired) electrons. The number of nitrogens with one attached hydrogen (secondary N) is 1. The SMILES string of the molecule is C=C(N=CC(C)CC=NC)c1ccc2cc(-c3cnc(C4CCCN4CO)[nH]3)ccc2c1. The quantitative estimate of drug-likeness (QED) is 0.490. The zero-order valence-electron chi connectivity index (χ0n) is 18.8. The monoisotopic (exact) mass is 429 g/mol. The van der Waals surface area contributed by atoms with Crippen LogP contribution in [0, 0.1) is 5.92 Å². The number of hydrogen-bond donors (Lipinski definition) is 2.